The molecule has 0 bridgehead atoms. The van der Waals surface area contributed by atoms with Crippen LogP contribution in [0.25, 0.3) is 0 Å². The first-order valence-corrected chi connectivity index (χ1v) is 31.4. The molecule has 0 aliphatic carbocycles. The Morgan fingerprint density at radius 3 is 0.911 bits per heavy atom. The van der Waals surface area contributed by atoms with Gasteiger partial charge in [0.1, 0.15) is 36.6 Å². The zero-order chi connectivity index (χ0) is 66.6. The summed E-state index contributed by atoms with van der Waals surface area (Å²) in [6, 6.07) is 0. The van der Waals surface area contributed by atoms with E-state index < -0.39 is 141 Å². The molecule has 15 atom stereocenters. The van der Waals surface area contributed by atoms with Gasteiger partial charge in [0.2, 0.25) is 47.3 Å². The van der Waals surface area contributed by atoms with Gasteiger partial charge in [-0.2, -0.15) is 0 Å². The molecule has 0 aromatic heterocycles. The zero-order valence-corrected chi connectivity index (χ0v) is 52.5. The third-order valence-electron chi connectivity index (χ3n) is 15.9. The second kappa shape index (κ2) is 43.9. The van der Waals surface area contributed by atoms with Gasteiger partial charge >= 0.3 is 0 Å². The lowest BCUT2D eigenvalue weighted by molar-refractivity contribution is -0.282. The Hall–Kier alpha value is -4.88. The van der Waals surface area contributed by atoms with E-state index in [4.69, 9.17) is 33.2 Å². The highest BCUT2D eigenvalue weighted by atomic mass is 16.7. The quantitative estimate of drug-likeness (QED) is 0.0254. The Balaban J connectivity index is 1.61. The van der Waals surface area contributed by atoms with E-state index in [1.54, 1.807) is 27.9 Å². The second-order valence-electron chi connectivity index (χ2n) is 23.1. The minimum Gasteiger partial charge on any atom is -0.394 e. The minimum absolute atomic E-state index is 0.0294. The van der Waals surface area contributed by atoms with Gasteiger partial charge in [-0.25, -0.2) is 0 Å². The summed E-state index contributed by atoms with van der Waals surface area (Å²) >= 11 is 0. The van der Waals surface area contributed by atoms with Gasteiger partial charge in [-0.05, 0) is 51.4 Å². The normalized spacial score (nSPS) is 27.3. The number of hydrogen-bond acceptors (Lipinski definition) is 24. The highest BCUT2D eigenvalue weighted by Gasteiger charge is 2.45. The lowest BCUT2D eigenvalue weighted by atomic mass is 9.82. The molecule has 3 rings (SSSR count). The number of carbonyl (C=O) groups is 8. The fourth-order valence-electron chi connectivity index (χ4n) is 10.1. The maximum atomic E-state index is 13.8. The van der Waals surface area contributed by atoms with Crippen LogP contribution >= 0.6 is 0 Å². The van der Waals surface area contributed by atoms with Gasteiger partial charge < -0.3 is 122 Å². The molecule has 0 saturated carbocycles. The first kappa shape index (κ1) is 79.4. The second-order valence-corrected chi connectivity index (χ2v) is 23.1. The maximum absolute atomic E-state index is 13.8. The molecule has 32 nitrogen and oxygen atoms in total. The van der Waals surface area contributed by atoms with Gasteiger partial charge in [-0.3, -0.25) is 38.4 Å². The summed E-state index contributed by atoms with van der Waals surface area (Å²) in [6.45, 7) is 4.71. The number of aliphatic hydroxyl groups is 9. The molecular weight excluding hydrogens is 1190 g/mol. The fourth-order valence-corrected chi connectivity index (χ4v) is 10.1. The fraction of sp³-hybridized carbons (Fsp3) is 0.862. The standard InChI is InChI=1S/C58H104N8O24/c1-35-49(78)52(81)38(32-67)88-55(35)85-29-15-45(74)62-24-6-21-59-42(71)12-18-58(66-48(77)11-5-10-41(70)65-27-9-28-84-4,19-13-43(72)60-22-7-25-63-46(75)16-30-86-56-36(2)50(79)53(82)39(33-68)89-56)20-14-44(73)61-23-8-26-64-47(76)17-31-87-57-37(3)51(80)54(83)40(34-69)90-57/h35-40,49-57,67-69,78-83H,5-34H2,1-4H3,(H,59,71)(H,60,72)(H,61,73)(H,62,74)(H,63,75)(H,64,76)(H,65,70)(H,66,77)/t35?,36?,37?,38?,39?,40?,49-,50-,51-,52+,53+,54+,55-,56-,57-,58?/m1/s1. The van der Waals surface area contributed by atoms with Crippen molar-refractivity contribution in [3.8, 4) is 0 Å². The molecule has 90 heavy (non-hydrogen) atoms. The smallest absolute Gasteiger partial charge is 0.222 e. The summed E-state index contributed by atoms with van der Waals surface area (Å²) in [5, 5.41) is 112. The van der Waals surface area contributed by atoms with E-state index in [2.05, 4.69) is 42.5 Å². The van der Waals surface area contributed by atoms with E-state index in [9.17, 15) is 84.3 Å². The topological polar surface area (TPSA) is 479 Å². The van der Waals surface area contributed by atoms with E-state index in [0.717, 1.165) is 0 Å². The van der Waals surface area contributed by atoms with Crippen molar-refractivity contribution < 1.29 is 117 Å². The summed E-state index contributed by atoms with van der Waals surface area (Å²) in [7, 11) is 1.54. The third-order valence-corrected chi connectivity index (χ3v) is 15.9. The molecule has 3 saturated heterocycles. The Kier molecular flexibility index (Phi) is 38.7. The van der Waals surface area contributed by atoms with E-state index in [-0.39, 0.29) is 160 Å². The van der Waals surface area contributed by atoms with Crippen LogP contribution in [0.5, 0.6) is 0 Å². The minimum atomic E-state index is -1.32. The van der Waals surface area contributed by atoms with Crippen molar-refractivity contribution in [2.75, 3.05) is 99.2 Å². The molecule has 520 valence electrons. The monoisotopic (exact) mass is 1300 g/mol. The van der Waals surface area contributed by atoms with Crippen LogP contribution < -0.4 is 42.5 Å². The maximum Gasteiger partial charge on any atom is 0.222 e. The van der Waals surface area contributed by atoms with Crippen LogP contribution in [0.3, 0.4) is 0 Å². The molecule has 0 radical (unpaired) electrons. The molecule has 0 aromatic carbocycles. The number of nitrogens with one attached hydrogen (secondary N) is 8. The van der Waals surface area contributed by atoms with E-state index >= 15 is 0 Å². The predicted octanol–water partition coefficient (Wildman–Crippen LogP) is -5.18. The molecular formula is C58H104N8O24. The van der Waals surface area contributed by atoms with Gasteiger partial charge in [0.15, 0.2) is 18.9 Å². The average Bonchev–Trinajstić information content (AvgIpc) is 1.14. The number of amides is 8. The van der Waals surface area contributed by atoms with E-state index in [1.807, 2.05) is 0 Å². The van der Waals surface area contributed by atoms with Crippen molar-refractivity contribution in [2.24, 2.45) is 17.8 Å². The number of aliphatic hydroxyl groups excluding tert-OH is 9. The van der Waals surface area contributed by atoms with Gasteiger partial charge in [0, 0.05) is 115 Å². The third kappa shape index (κ3) is 29.4. The van der Waals surface area contributed by atoms with Crippen molar-refractivity contribution >= 4 is 47.3 Å². The number of methoxy groups -OCH3 is 1. The summed E-state index contributed by atoms with van der Waals surface area (Å²) in [5.74, 6) is -5.06. The van der Waals surface area contributed by atoms with Crippen molar-refractivity contribution in [3.63, 3.8) is 0 Å². The summed E-state index contributed by atoms with van der Waals surface area (Å²) < 4.78 is 38.5. The van der Waals surface area contributed by atoms with Crippen LogP contribution in [-0.2, 0) is 71.5 Å². The van der Waals surface area contributed by atoms with Crippen LogP contribution in [0.2, 0.25) is 0 Å². The molecule has 8 amide bonds. The van der Waals surface area contributed by atoms with Gasteiger partial charge in [-0.15, -0.1) is 0 Å². The summed E-state index contributed by atoms with van der Waals surface area (Å²) in [4.78, 5) is 105. The Morgan fingerprint density at radius 2 is 0.622 bits per heavy atom. The molecule has 3 aliphatic heterocycles. The molecule has 3 fully saturated rings. The van der Waals surface area contributed by atoms with Gasteiger partial charge in [-0.1, -0.05) is 20.8 Å². The summed E-state index contributed by atoms with van der Waals surface area (Å²) in [5.41, 5.74) is -1.32. The Labute approximate surface area is 525 Å². The SMILES string of the molecule is COCCCNC(=O)CCCC(=O)NC(CCC(=O)NCCCNC(=O)CCO[C@@H]1OC(CO)[C@H](O)[C@H](O)C1C)(CCC(=O)NCCCNC(=O)CCO[C@@H]1OC(CO)[C@H](O)[C@H](O)C1C)CCC(=O)NCCCNC(=O)CCO[C@@H]1OC(CO)[C@H](O)[C@H](O)C1C. The lowest BCUT2D eigenvalue weighted by Gasteiger charge is -2.40. The molecule has 3 heterocycles. The molecule has 0 aromatic rings. The number of carbonyl (C=O) groups excluding carboxylic acids is 8. The molecule has 6 unspecified atom stereocenters. The van der Waals surface area contributed by atoms with Crippen LogP contribution in [0, 0.1) is 17.8 Å². The van der Waals surface area contributed by atoms with Crippen molar-refractivity contribution in [1.29, 1.82) is 0 Å². The van der Waals surface area contributed by atoms with Crippen molar-refractivity contribution in [3.05, 3.63) is 0 Å². The molecule has 32 heteroatoms. The lowest BCUT2D eigenvalue weighted by Crippen LogP contribution is -2.55. The van der Waals surface area contributed by atoms with Crippen LogP contribution in [0.15, 0.2) is 0 Å². The van der Waals surface area contributed by atoms with Gasteiger partial charge in [0.25, 0.3) is 0 Å². The Morgan fingerprint density at radius 1 is 0.356 bits per heavy atom. The number of rotatable bonds is 45. The van der Waals surface area contributed by atoms with Crippen LogP contribution in [0.4, 0.5) is 0 Å². The summed E-state index contributed by atoms with van der Waals surface area (Å²) in [6.07, 6.45) is -12.7. The van der Waals surface area contributed by atoms with Crippen molar-refractivity contribution in [1.82, 2.24) is 42.5 Å². The molecule has 17 N–H and O–H groups in total. The van der Waals surface area contributed by atoms with E-state index in [0.29, 0.717) is 38.8 Å². The van der Waals surface area contributed by atoms with Crippen LogP contribution in [0.1, 0.15) is 124 Å². The number of ether oxygens (including phenoxy) is 7. The molecule has 0 spiro atoms. The predicted molar refractivity (Wildman–Crippen MR) is 316 cm³/mol. The average molecular weight is 1300 g/mol. The first-order chi connectivity index (χ1) is 43.0. The van der Waals surface area contributed by atoms with Crippen LogP contribution in [-0.4, -0.2) is 272 Å². The van der Waals surface area contributed by atoms with Gasteiger partial charge in [0.05, 0.1) is 77.2 Å². The number of hydrogen-bond donors (Lipinski definition) is 17. The van der Waals surface area contributed by atoms with E-state index in [1.165, 1.54) is 0 Å². The first-order valence-electron chi connectivity index (χ1n) is 31.4. The largest absolute Gasteiger partial charge is 0.394 e. The highest BCUT2D eigenvalue weighted by molar-refractivity contribution is 5.81. The Bertz CT molecular complexity index is 1940. The van der Waals surface area contributed by atoms with Crippen molar-refractivity contribution in [2.45, 2.75) is 203 Å². The highest BCUT2D eigenvalue weighted by Crippen LogP contribution is 2.30. The molecule has 3 aliphatic rings. The zero-order valence-electron chi connectivity index (χ0n) is 52.5.